The van der Waals surface area contributed by atoms with Crippen LogP contribution in [0.5, 0.6) is 0 Å². The second-order valence-corrected chi connectivity index (χ2v) is 3.35. The molecular weight excluding hydrogens is 204 g/mol. The van der Waals surface area contributed by atoms with Gasteiger partial charge in [-0.05, 0) is 13.0 Å². The van der Waals surface area contributed by atoms with Gasteiger partial charge in [0.25, 0.3) is 0 Å². The largest absolute Gasteiger partial charge is 0.283 e. The van der Waals surface area contributed by atoms with Gasteiger partial charge in [0.05, 0.1) is 12.4 Å². The molecule has 0 aliphatic rings. The normalized spacial score (nSPS) is 10.8. The lowest BCUT2D eigenvalue weighted by Crippen LogP contribution is -1.93. The number of aromatic nitrogens is 6. The third-order valence-electron chi connectivity index (χ3n) is 2.36. The first kappa shape index (κ1) is 8.90. The van der Waals surface area contributed by atoms with E-state index in [1.807, 2.05) is 23.6 Å². The fourth-order valence-corrected chi connectivity index (χ4v) is 1.58. The van der Waals surface area contributed by atoms with Gasteiger partial charge in [0.15, 0.2) is 5.65 Å². The maximum atomic E-state index is 4.30. The van der Waals surface area contributed by atoms with Crippen LogP contribution >= 0.6 is 0 Å². The quantitative estimate of drug-likeness (QED) is 0.599. The highest BCUT2D eigenvalue weighted by Crippen LogP contribution is 2.19. The molecule has 6 nitrogen and oxygen atoms in total. The summed E-state index contributed by atoms with van der Waals surface area (Å²) in [6.07, 6.45) is 6.85. The Hall–Kier alpha value is -2.37. The van der Waals surface area contributed by atoms with Gasteiger partial charge >= 0.3 is 0 Å². The summed E-state index contributed by atoms with van der Waals surface area (Å²) < 4.78 is 1.89. The Kier molecular flexibility index (Phi) is 1.86. The van der Waals surface area contributed by atoms with E-state index in [-0.39, 0.29) is 0 Å². The first-order valence-electron chi connectivity index (χ1n) is 4.79. The predicted molar refractivity (Wildman–Crippen MR) is 56.5 cm³/mol. The Bertz CT molecular complexity index is 630. The van der Waals surface area contributed by atoms with Gasteiger partial charge < -0.3 is 0 Å². The van der Waals surface area contributed by atoms with Crippen LogP contribution in [0.4, 0.5) is 0 Å². The minimum absolute atomic E-state index is 0.730. The van der Waals surface area contributed by atoms with Crippen LogP contribution < -0.4 is 0 Å². The van der Waals surface area contributed by atoms with E-state index in [0.717, 1.165) is 22.7 Å². The average Bonchev–Trinajstić information content (AvgIpc) is 2.73. The van der Waals surface area contributed by atoms with Crippen LogP contribution in [-0.4, -0.2) is 29.8 Å². The van der Waals surface area contributed by atoms with Gasteiger partial charge in [0.1, 0.15) is 11.5 Å². The number of aryl methyl sites for hydroxylation is 1. The smallest absolute Gasteiger partial charge is 0.187 e. The van der Waals surface area contributed by atoms with Crippen molar-refractivity contribution in [1.82, 2.24) is 29.8 Å². The second-order valence-electron chi connectivity index (χ2n) is 3.35. The summed E-state index contributed by atoms with van der Waals surface area (Å²) in [5.41, 5.74) is 2.37. The standard InChI is InChI=1S/C10H8N6/c1-7-14-15-10-9(11-4-5-16(7)10)8-2-3-12-13-6-8/h2-6H,1H3. The molecule has 3 heterocycles. The highest BCUT2D eigenvalue weighted by molar-refractivity contribution is 5.72. The van der Waals surface area contributed by atoms with Gasteiger partial charge in [-0.1, -0.05) is 0 Å². The number of rotatable bonds is 1. The molecule has 3 rings (SSSR count). The second kappa shape index (κ2) is 3.34. The van der Waals surface area contributed by atoms with E-state index in [0.29, 0.717) is 0 Å². The van der Waals surface area contributed by atoms with Crippen molar-refractivity contribution in [2.45, 2.75) is 6.92 Å². The van der Waals surface area contributed by atoms with Crippen molar-refractivity contribution in [3.63, 3.8) is 0 Å². The number of fused-ring (bicyclic) bond motifs is 1. The Balaban J connectivity index is 2.32. The van der Waals surface area contributed by atoms with Crippen molar-refractivity contribution in [2.24, 2.45) is 0 Å². The minimum atomic E-state index is 0.730. The summed E-state index contributed by atoms with van der Waals surface area (Å²) in [4.78, 5) is 4.30. The van der Waals surface area contributed by atoms with Crippen molar-refractivity contribution in [3.05, 3.63) is 36.7 Å². The molecule has 0 amide bonds. The van der Waals surface area contributed by atoms with Crippen LogP contribution in [0, 0.1) is 6.92 Å². The van der Waals surface area contributed by atoms with Gasteiger partial charge in [-0.2, -0.15) is 10.2 Å². The summed E-state index contributed by atoms with van der Waals surface area (Å²) in [5.74, 6) is 0.834. The molecule has 0 N–H and O–H groups in total. The molecule has 6 heteroatoms. The van der Waals surface area contributed by atoms with Gasteiger partial charge in [0, 0.05) is 18.0 Å². The topological polar surface area (TPSA) is 68.9 Å². The molecule has 16 heavy (non-hydrogen) atoms. The van der Waals surface area contributed by atoms with Crippen LogP contribution in [0.15, 0.2) is 30.9 Å². The van der Waals surface area contributed by atoms with Crippen molar-refractivity contribution in [3.8, 4) is 11.3 Å². The summed E-state index contributed by atoms with van der Waals surface area (Å²) in [6.45, 7) is 1.90. The van der Waals surface area contributed by atoms with Crippen LogP contribution in [0.3, 0.4) is 0 Å². The summed E-state index contributed by atoms with van der Waals surface area (Å²) in [6, 6.07) is 1.85. The van der Waals surface area contributed by atoms with Crippen LogP contribution in [0.1, 0.15) is 5.82 Å². The number of hydrogen-bond donors (Lipinski definition) is 0. The van der Waals surface area contributed by atoms with Gasteiger partial charge in [-0.25, -0.2) is 0 Å². The van der Waals surface area contributed by atoms with E-state index < -0.39 is 0 Å². The van der Waals surface area contributed by atoms with Crippen molar-refractivity contribution in [2.75, 3.05) is 0 Å². The lowest BCUT2D eigenvalue weighted by atomic mass is 10.2. The third-order valence-corrected chi connectivity index (χ3v) is 2.36. The lowest BCUT2D eigenvalue weighted by Gasteiger charge is -2.00. The molecule has 0 saturated heterocycles. The molecule has 0 bridgehead atoms. The van der Waals surface area contributed by atoms with E-state index in [4.69, 9.17) is 0 Å². The zero-order valence-electron chi connectivity index (χ0n) is 8.57. The molecule has 0 saturated carbocycles. The molecule has 0 aliphatic heterocycles. The minimum Gasteiger partial charge on any atom is -0.283 e. The highest BCUT2D eigenvalue weighted by Gasteiger charge is 2.09. The Morgan fingerprint density at radius 1 is 1.12 bits per heavy atom. The fraction of sp³-hybridized carbons (Fsp3) is 0.100. The molecule has 0 unspecified atom stereocenters. The van der Waals surface area contributed by atoms with Crippen molar-refractivity contribution >= 4 is 5.65 Å². The van der Waals surface area contributed by atoms with E-state index in [9.17, 15) is 0 Å². The molecule has 0 aliphatic carbocycles. The highest BCUT2D eigenvalue weighted by atomic mass is 15.2. The average molecular weight is 212 g/mol. The van der Waals surface area contributed by atoms with Crippen LogP contribution in [0.25, 0.3) is 16.9 Å². The maximum absolute atomic E-state index is 4.30. The summed E-state index contributed by atoms with van der Waals surface area (Å²) in [7, 11) is 0. The molecule has 3 aromatic heterocycles. The fourth-order valence-electron chi connectivity index (χ4n) is 1.58. The molecule has 0 atom stereocenters. The van der Waals surface area contributed by atoms with E-state index >= 15 is 0 Å². The third kappa shape index (κ3) is 1.23. The van der Waals surface area contributed by atoms with Crippen molar-refractivity contribution < 1.29 is 0 Å². The molecule has 0 aromatic carbocycles. The molecule has 0 spiro atoms. The molecule has 78 valence electrons. The predicted octanol–water partition coefficient (Wildman–Crippen LogP) is 0.890. The van der Waals surface area contributed by atoms with Gasteiger partial charge in [-0.15, -0.1) is 10.2 Å². The Morgan fingerprint density at radius 3 is 2.88 bits per heavy atom. The SMILES string of the molecule is Cc1nnc2c(-c3ccnnc3)nccn12. The number of nitrogens with zero attached hydrogens (tertiary/aromatic N) is 6. The first-order valence-corrected chi connectivity index (χ1v) is 4.79. The van der Waals surface area contributed by atoms with Crippen LogP contribution in [0.2, 0.25) is 0 Å². The molecular formula is C10H8N6. The van der Waals surface area contributed by atoms with Crippen molar-refractivity contribution in [1.29, 1.82) is 0 Å². The number of hydrogen-bond acceptors (Lipinski definition) is 5. The van der Waals surface area contributed by atoms with E-state index in [1.54, 1.807) is 18.6 Å². The monoisotopic (exact) mass is 212 g/mol. The van der Waals surface area contributed by atoms with E-state index in [1.165, 1.54) is 0 Å². The zero-order valence-corrected chi connectivity index (χ0v) is 8.57. The first-order chi connectivity index (χ1) is 7.86. The van der Waals surface area contributed by atoms with Gasteiger partial charge in [0.2, 0.25) is 0 Å². The Labute approximate surface area is 91.0 Å². The summed E-state index contributed by atoms with van der Waals surface area (Å²) in [5, 5.41) is 15.7. The molecule has 0 fully saturated rings. The van der Waals surface area contributed by atoms with Crippen LogP contribution in [-0.2, 0) is 0 Å². The van der Waals surface area contributed by atoms with E-state index in [2.05, 4.69) is 25.4 Å². The molecule has 3 aromatic rings. The summed E-state index contributed by atoms with van der Waals surface area (Å²) >= 11 is 0. The zero-order chi connectivity index (χ0) is 11.0. The molecule has 0 radical (unpaired) electrons. The maximum Gasteiger partial charge on any atom is 0.187 e. The Morgan fingerprint density at radius 2 is 2.06 bits per heavy atom. The van der Waals surface area contributed by atoms with Gasteiger partial charge in [-0.3, -0.25) is 9.38 Å². The lowest BCUT2D eigenvalue weighted by molar-refractivity contribution is 1.00.